The molecule has 1 aromatic rings. The van der Waals surface area contributed by atoms with Gasteiger partial charge in [-0.2, -0.15) is 0 Å². The maximum Gasteiger partial charge on any atom is 0.407 e. The fourth-order valence-electron chi connectivity index (χ4n) is 2.64. The molecule has 3 amide bonds. The highest BCUT2D eigenvalue weighted by Crippen LogP contribution is 2.15. The number of urea groups is 1. The van der Waals surface area contributed by atoms with Gasteiger partial charge in [0.05, 0.1) is 18.7 Å². The molecule has 1 aliphatic heterocycles. The van der Waals surface area contributed by atoms with Crippen LogP contribution in [0.5, 0.6) is 0 Å². The Labute approximate surface area is 142 Å². The van der Waals surface area contributed by atoms with Crippen molar-refractivity contribution in [3.8, 4) is 0 Å². The number of rotatable bonds is 6. The molecule has 1 aliphatic rings. The summed E-state index contributed by atoms with van der Waals surface area (Å²) in [5, 5.41) is 2.84. The third kappa shape index (κ3) is 5.42. The van der Waals surface area contributed by atoms with Crippen molar-refractivity contribution in [3.05, 3.63) is 35.9 Å². The Bertz CT molecular complexity index is 538. The Morgan fingerprint density at radius 2 is 2.08 bits per heavy atom. The van der Waals surface area contributed by atoms with Crippen LogP contribution >= 0.6 is 0 Å². The van der Waals surface area contributed by atoms with E-state index < -0.39 is 12.1 Å². The monoisotopic (exact) mass is 335 g/mol. The molecule has 2 atom stereocenters. The van der Waals surface area contributed by atoms with Gasteiger partial charge in [0, 0.05) is 13.2 Å². The second-order valence-electron chi connectivity index (χ2n) is 5.79. The normalized spacial score (nSPS) is 20.5. The summed E-state index contributed by atoms with van der Waals surface area (Å²) >= 11 is 0. The standard InChI is InChI=1S/C17H25N3O4/c1-2-10-23-15-11-20(16(18)21)9-8-14(15)19-17(22)24-12-13-6-4-3-5-7-13/h3-7,14-15H,2,8-12H2,1H3,(H2,18,21)(H,19,22). The van der Waals surface area contributed by atoms with E-state index in [1.165, 1.54) is 4.90 Å². The first-order valence-corrected chi connectivity index (χ1v) is 8.23. The number of hydrogen-bond donors (Lipinski definition) is 2. The molecule has 2 rings (SSSR count). The number of likely N-dealkylation sites (tertiary alicyclic amines) is 1. The maximum absolute atomic E-state index is 12.0. The highest BCUT2D eigenvalue weighted by atomic mass is 16.5. The van der Waals surface area contributed by atoms with E-state index >= 15 is 0 Å². The zero-order valence-electron chi connectivity index (χ0n) is 13.9. The predicted octanol–water partition coefficient (Wildman–Crippen LogP) is 1.86. The molecule has 0 bridgehead atoms. The number of benzene rings is 1. The third-order valence-electron chi connectivity index (χ3n) is 3.92. The first-order valence-electron chi connectivity index (χ1n) is 8.23. The van der Waals surface area contributed by atoms with E-state index in [1.54, 1.807) is 0 Å². The zero-order valence-corrected chi connectivity index (χ0v) is 13.9. The molecule has 24 heavy (non-hydrogen) atoms. The van der Waals surface area contributed by atoms with Gasteiger partial charge in [0.1, 0.15) is 6.61 Å². The topological polar surface area (TPSA) is 93.9 Å². The second-order valence-corrected chi connectivity index (χ2v) is 5.79. The Morgan fingerprint density at radius 1 is 1.33 bits per heavy atom. The molecule has 7 heteroatoms. The minimum Gasteiger partial charge on any atom is -0.445 e. The quantitative estimate of drug-likeness (QED) is 0.830. The number of hydrogen-bond acceptors (Lipinski definition) is 4. The third-order valence-corrected chi connectivity index (χ3v) is 3.92. The van der Waals surface area contributed by atoms with Crippen LogP contribution in [0.4, 0.5) is 9.59 Å². The van der Waals surface area contributed by atoms with Gasteiger partial charge in [-0.3, -0.25) is 0 Å². The fraction of sp³-hybridized carbons (Fsp3) is 0.529. The Kier molecular flexibility index (Phi) is 6.87. The van der Waals surface area contributed by atoms with Gasteiger partial charge < -0.3 is 25.4 Å². The van der Waals surface area contributed by atoms with Gasteiger partial charge >= 0.3 is 12.1 Å². The Morgan fingerprint density at radius 3 is 2.75 bits per heavy atom. The van der Waals surface area contributed by atoms with Crippen LogP contribution in [-0.2, 0) is 16.1 Å². The largest absolute Gasteiger partial charge is 0.445 e. The molecule has 0 aromatic heterocycles. The summed E-state index contributed by atoms with van der Waals surface area (Å²) in [6.45, 7) is 3.65. The molecule has 1 aromatic carbocycles. The number of carbonyl (C=O) groups excluding carboxylic acids is 2. The van der Waals surface area contributed by atoms with Gasteiger partial charge in [0.15, 0.2) is 0 Å². The summed E-state index contributed by atoms with van der Waals surface area (Å²) in [6, 6.07) is 8.82. The summed E-state index contributed by atoms with van der Waals surface area (Å²) in [5.41, 5.74) is 6.26. The van der Waals surface area contributed by atoms with Crippen molar-refractivity contribution < 1.29 is 19.1 Å². The second kappa shape index (κ2) is 9.12. The highest BCUT2D eigenvalue weighted by molar-refractivity contribution is 5.72. The van der Waals surface area contributed by atoms with Crippen molar-refractivity contribution in [2.75, 3.05) is 19.7 Å². The molecule has 2 unspecified atom stereocenters. The minimum absolute atomic E-state index is 0.199. The number of amides is 3. The molecule has 0 spiro atoms. The summed E-state index contributed by atoms with van der Waals surface area (Å²) in [4.78, 5) is 24.9. The van der Waals surface area contributed by atoms with Crippen molar-refractivity contribution >= 4 is 12.1 Å². The number of primary amides is 1. The number of nitrogens with zero attached hydrogens (tertiary/aromatic N) is 1. The lowest BCUT2D eigenvalue weighted by molar-refractivity contribution is -0.0114. The van der Waals surface area contributed by atoms with Gasteiger partial charge in [0.2, 0.25) is 0 Å². The maximum atomic E-state index is 12.0. The van der Waals surface area contributed by atoms with Crippen LogP contribution in [0.15, 0.2) is 30.3 Å². The number of ether oxygens (including phenoxy) is 2. The summed E-state index contributed by atoms with van der Waals surface area (Å²) in [7, 11) is 0. The van der Waals surface area contributed by atoms with Crippen LogP contribution in [-0.4, -0.2) is 48.9 Å². The Hall–Kier alpha value is -2.28. The van der Waals surface area contributed by atoms with E-state index in [0.717, 1.165) is 12.0 Å². The first-order chi connectivity index (χ1) is 11.6. The number of piperidine rings is 1. The van der Waals surface area contributed by atoms with Gasteiger partial charge in [0.25, 0.3) is 0 Å². The van der Waals surface area contributed by atoms with Crippen molar-refractivity contribution in [2.45, 2.75) is 38.5 Å². The van der Waals surface area contributed by atoms with Crippen molar-refractivity contribution in [3.63, 3.8) is 0 Å². The van der Waals surface area contributed by atoms with Crippen molar-refractivity contribution in [1.29, 1.82) is 0 Å². The van der Waals surface area contributed by atoms with Gasteiger partial charge in [-0.15, -0.1) is 0 Å². The molecule has 1 saturated heterocycles. The first kappa shape index (κ1) is 18.1. The average molecular weight is 335 g/mol. The molecule has 0 saturated carbocycles. The summed E-state index contributed by atoms with van der Waals surface area (Å²) in [6.07, 6.45) is 0.674. The van der Waals surface area contributed by atoms with Gasteiger partial charge in [-0.25, -0.2) is 9.59 Å². The summed E-state index contributed by atoms with van der Waals surface area (Å²) in [5.74, 6) is 0. The molecular formula is C17H25N3O4. The molecule has 0 aliphatic carbocycles. The number of nitrogens with two attached hydrogens (primary N) is 1. The lowest BCUT2D eigenvalue weighted by atomic mass is 10.0. The smallest absolute Gasteiger partial charge is 0.407 e. The molecule has 1 heterocycles. The van der Waals surface area contributed by atoms with Crippen LogP contribution in [0.2, 0.25) is 0 Å². The fourth-order valence-corrected chi connectivity index (χ4v) is 2.64. The van der Waals surface area contributed by atoms with Gasteiger partial charge in [-0.1, -0.05) is 37.3 Å². The molecule has 7 nitrogen and oxygen atoms in total. The van der Waals surface area contributed by atoms with E-state index in [-0.39, 0.29) is 18.8 Å². The predicted molar refractivity (Wildman–Crippen MR) is 89.4 cm³/mol. The van der Waals surface area contributed by atoms with Crippen LogP contribution in [0, 0.1) is 0 Å². The lowest BCUT2D eigenvalue weighted by Crippen LogP contribution is -2.57. The van der Waals surface area contributed by atoms with Crippen LogP contribution in [0.1, 0.15) is 25.3 Å². The van der Waals surface area contributed by atoms with E-state index in [1.807, 2.05) is 37.3 Å². The highest BCUT2D eigenvalue weighted by Gasteiger charge is 2.32. The Balaban J connectivity index is 1.85. The number of alkyl carbamates (subject to hydrolysis) is 1. The lowest BCUT2D eigenvalue weighted by Gasteiger charge is -2.37. The van der Waals surface area contributed by atoms with Crippen molar-refractivity contribution in [2.24, 2.45) is 5.73 Å². The molecular weight excluding hydrogens is 310 g/mol. The van der Waals surface area contributed by atoms with Crippen LogP contribution < -0.4 is 11.1 Å². The molecule has 1 fully saturated rings. The zero-order chi connectivity index (χ0) is 17.4. The molecule has 132 valence electrons. The molecule has 0 radical (unpaired) electrons. The SMILES string of the molecule is CCCOC1CN(C(N)=O)CCC1NC(=O)OCc1ccccc1. The molecule has 3 N–H and O–H groups in total. The van der Waals surface area contributed by atoms with E-state index in [9.17, 15) is 9.59 Å². The summed E-state index contributed by atoms with van der Waals surface area (Å²) < 4.78 is 11.0. The van der Waals surface area contributed by atoms with Crippen molar-refractivity contribution in [1.82, 2.24) is 10.2 Å². The minimum atomic E-state index is -0.485. The van der Waals surface area contributed by atoms with E-state index in [4.69, 9.17) is 15.2 Å². The average Bonchev–Trinajstić information content (AvgIpc) is 2.59. The van der Waals surface area contributed by atoms with E-state index in [0.29, 0.717) is 26.1 Å². The number of carbonyl (C=O) groups is 2. The van der Waals surface area contributed by atoms with Gasteiger partial charge in [-0.05, 0) is 18.4 Å². The van der Waals surface area contributed by atoms with Crippen LogP contribution in [0.3, 0.4) is 0 Å². The number of nitrogens with one attached hydrogen (secondary N) is 1. The van der Waals surface area contributed by atoms with E-state index in [2.05, 4.69) is 5.32 Å². The van der Waals surface area contributed by atoms with Crippen LogP contribution in [0.25, 0.3) is 0 Å².